The summed E-state index contributed by atoms with van der Waals surface area (Å²) >= 11 is 0. The molecule has 0 aliphatic rings. The molecule has 1 atom stereocenters. The molecule has 1 unspecified atom stereocenters. The molecule has 1 aromatic rings. The maximum atomic E-state index is 10.9. The summed E-state index contributed by atoms with van der Waals surface area (Å²) < 4.78 is 26.9. The van der Waals surface area contributed by atoms with Gasteiger partial charge in [0.05, 0.1) is 12.6 Å². The van der Waals surface area contributed by atoms with E-state index in [9.17, 15) is 8.42 Å². The van der Waals surface area contributed by atoms with Crippen LogP contribution < -0.4 is 10.5 Å². The minimum Gasteiger partial charge on any atom is -0.447 e. The second kappa shape index (κ2) is 6.15. The standard InChI is InChI=1S/C10H18N2O4S/c1-8(13)3-2-6-12-7-9-4-5-10(16-9)17(11,14)15/h4-5,8,12-13H,2-3,6-7H2,1H3,(H2,11,14,15). The zero-order chi connectivity index (χ0) is 12.9. The molecule has 0 saturated carbocycles. The van der Waals surface area contributed by atoms with E-state index in [4.69, 9.17) is 14.7 Å². The van der Waals surface area contributed by atoms with Crippen LogP contribution in [0.5, 0.6) is 0 Å². The molecule has 0 spiro atoms. The molecule has 1 heterocycles. The molecule has 1 rings (SSSR count). The minimum atomic E-state index is -3.76. The van der Waals surface area contributed by atoms with Crippen molar-refractivity contribution in [2.45, 2.75) is 37.5 Å². The van der Waals surface area contributed by atoms with Crippen LogP contribution in [-0.2, 0) is 16.6 Å². The lowest BCUT2D eigenvalue weighted by atomic mass is 10.2. The Morgan fingerprint density at radius 1 is 1.53 bits per heavy atom. The number of hydrogen-bond acceptors (Lipinski definition) is 5. The van der Waals surface area contributed by atoms with Gasteiger partial charge in [-0.25, -0.2) is 13.6 Å². The molecular formula is C10H18N2O4S. The Balaban J connectivity index is 2.31. The van der Waals surface area contributed by atoms with Crippen molar-refractivity contribution in [2.24, 2.45) is 5.14 Å². The van der Waals surface area contributed by atoms with Crippen molar-refractivity contribution in [1.29, 1.82) is 0 Å². The second-order valence-corrected chi connectivity index (χ2v) is 5.43. The number of rotatable bonds is 7. The lowest BCUT2D eigenvalue weighted by Gasteiger charge is -2.04. The molecule has 0 bridgehead atoms. The van der Waals surface area contributed by atoms with Crippen LogP contribution in [0, 0.1) is 0 Å². The number of aliphatic hydroxyl groups is 1. The zero-order valence-electron chi connectivity index (χ0n) is 9.72. The summed E-state index contributed by atoms with van der Waals surface area (Å²) in [6.07, 6.45) is 1.28. The molecule has 0 radical (unpaired) electrons. The Bertz CT molecular complexity index is 439. The van der Waals surface area contributed by atoms with E-state index in [1.807, 2.05) is 0 Å². The summed E-state index contributed by atoms with van der Waals surface area (Å²) in [7, 11) is -3.76. The van der Waals surface area contributed by atoms with Gasteiger partial charge >= 0.3 is 0 Å². The molecule has 17 heavy (non-hydrogen) atoms. The van der Waals surface area contributed by atoms with Gasteiger partial charge in [-0.1, -0.05) is 0 Å². The normalized spacial score (nSPS) is 13.8. The average molecular weight is 262 g/mol. The highest BCUT2D eigenvalue weighted by atomic mass is 32.2. The van der Waals surface area contributed by atoms with E-state index in [0.717, 1.165) is 19.4 Å². The molecule has 0 aromatic carbocycles. The highest BCUT2D eigenvalue weighted by Crippen LogP contribution is 2.11. The number of primary sulfonamides is 1. The predicted molar refractivity (Wildman–Crippen MR) is 62.7 cm³/mol. The average Bonchev–Trinajstić information content (AvgIpc) is 2.64. The highest BCUT2D eigenvalue weighted by Gasteiger charge is 2.12. The Morgan fingerprint density at radius 3 is 2.76 bits per heavy atom. The minimum absolute atomic E-state index is 0.224. The summed E-state index contributed by atoms with van der Waals surface area (Å²) in [5.74, 6) is 0.520. The smallest absolute Gasteiger partial charge is 0.271 e. The first-order valence-electron chi connectivity index (χ1n) is 5.40. The Morgan fingerprint density at radius 2 is 2.24 bits per heavy atom. The van der Waals surface area contributed by atoms with Crippen LogP contribution in [0.2, 0.25) is 0 Å². The van der Waals surface area contributed by atoms with Gasteiger partial charge in [0, 0.05) is 0 Å². The number of sulfonamides is 1. The van der Waals surface area contributed by atoms with E-state index in [1.165, 1.54) is 6.07 Å². The van der Waals surface area contributed by atoms with Crippen LogP contribution in [0.1, 0.15) is 25.5 Å². The molecule has 1 aromatic heterocycles. The molecule has 7 heteroatoms. The molecule has 98 valence electrons. The van der Waals surface area contributed by atoms with E-state index in [2.05, 4.69) is 5.32 Å². The fraction of sp³-hybridized carbons (Fsp3) is 0.600. The first kappa shape index (κ1) is 14.2. The molecule has 0 fully saturated rings. The van der Waals surface area contributed by atoms with Crippen molar-refractivity contribution in [3.05, 3.63) is 17.9 Å². The molecular weight excluding hydrogens is 244 g/mol. The van der Waals surface area contributed by atoms with Gasteiger partial charge in [-0.15, -0.1) is 0 Å². The van der Waals surface area contributed by atoms with Crippen molar-refractivity contribution in [3.8, 4) is 0 Å². The lowest BCUT2D eigenvalue weighted by molar-refractivity contribution is 0.181. The van der Waals surface area contributed by atoms with Gasteiger partial charge in [0.2, 0.25) is 5.09 Å². The summed E-state index contributed by atoms with van der Waals surface area (Å²) in [4.78, 5) is 0. The quantitative estimate of drug-likeness (QED) is 0.608. The molecule has 0 amide bonds. The largest absolute Gasteiger partial charge is 0.447 e. The summed E-state index contributed by atoms with van der Waals surface area (Å²) in [5, 5.41) is 16.8. The Kier molecular flexibility index (Phi) is 5.13. The predicted octanol–water partition coefficient (Wildman–Crippen LogP) is 0.178. The van der Waals surface area contributed by atoms with Gasteiger partial charge in [-0.2, -0.15) is 0 Å². The van der Waals surface area contributed by atoms with E-state index >= 15 is 0 Å². The third-order valence-corrected chi connectivity index (χ3v) is 2.97. The summed E-state index contributed by atoms with van der Waals surface area (Å²) in [5.41, 5.74) is 0. The van der Waals surface area contributed by atoms with Crippen LogP contribution in [0.25, 0.3) is 0 Å². The van der Waals surface area contributed by atoms with Crippen LogP contribution in [0.15, 0.2) is 21.6 Å². The zero-order valence-corrected chi connectivity index (χ0v) is 10.5. The monoisotopic (exact) mass is 262 g/mol. The van der Waals surface area contributed by atoms with Crippen LogP contribution >= 0.6 is 0 Å². The Hall–Kier alpha value is -0.890. The summed E-state index contributed by atoms with van der Waals surface area (Å²) in [6.45, 7) is 2.91. The van der Waals surface area contributed by atoms with Crippen molar-refractivity contribution in [2.75, 3.05) is 6.54 Å². The number of furan rings is 1. The van der Waals surface area contributed by atoms with Gasteiger partial charge in [-0.3, -0.25) is 0 Å². The maximum Gasteiger partial charge on any atom is 0.271 e. The van der Waals surface area contributed by atoms with Gasteiger partial charge in [0.1, 0.15) is 5.76 Å². The maximum absolute atomic E-state index is 10.9. The lowest BCUT2D eigenvalue weighted by Crippen LogP contribution is -2.16. The number of nitrogens with one attached hydrogen (secondary N) is 1. The SMILES string of the molecule is CC(O)CCCNCc1ccc(S(N)(=O)=O)o1. The number of hydrogen-bond donors (Lipinski definition) is 3. The molecule has 4 N–H and O–H groups in total. The van der Waals surface area contributed by atoms with E-state index < -0.39 is 10.0 Å². The topological polar surface area (TPSA) is 106 Å². The fourth-order valence-electron chi connectivity index (χ4n) is 1.34. The fourth-order valence-corrected chi connectivity index (χ4v) is 1.82. The van der Waals surface area contributed by atoms with Crippen molar-refractivity contribution >= 4 is 10.0 Å². The van der Waals surface area contributed by atoms with E-state index in [0.29, 0.717) is 12.3 Å². The van der Waals surface area contributed by atoms with Gasteiger partial charge in [-0.05, 0) is 38.4 Å². The molecule has 0 aliphatic carbocycles. The first-order chi connectivity index (χ1) is 7.89. The molecule has 6 nitrogen and oxygen atoms in total. The van der Waals surface area contributed by atoms with Crippen LogP contribution in [-0.4, -0.2) is 26.2 Å². The van der Waals surface area contributed by atoms with E-state index in [1.54, 1.807) is 13.0 Å². The van der Waals surface area contributed by atoms with Crippen LogP contribution in [0.4, 0.5) is 0 Å². The van der Waals surface area contributed by atoms with Crippen molar-refractivity contribution < 1.29 is 17.9 Å². The van der Waals surface area contributed by atoms with Crippen molar-refractivity contribution in [3.63, 3.8) is 0 Å². The van der Waals surface area contributed by atoms with Gasteiger partial charge in [0.25, 0.3) is 10.0 Å². The van der Waals surface area contributed by atoms with E-state index in [-0.39, 0.29) is 11.2 Å². The Labute approximate surface area is 101 Å². The summed E-state index contributed by atoms with van der Waals surface area (Å²) in [6, 6.07) is 2.91. The molecule has 0 saturated heterocycles. The highest BCUT2D eigenvalue weighted by molar-refractivity contribution is 7.89. The first-order valence-corrected chi connectivity index (χ1v) is 6.94. The van der Waals surface area contributed by atoms with Crippen LogP contribution in [0.3, 0.4) is 0 Å². The molecule has 0 aliphatic heterocycles. The third kappa shape index (κ3) is 5.31. The number of nitrogens with two attached hydrogens (primary N) is 1. The number of aliphatic hydroxyl groups excluding tert-OH is 1. The third-order valence-electron chi connectivity index (χ3n) is 2.19. The second-order valence-electron chi connectivity index (χ2n) is 3.93. The van der Waals surface area contributed by atoms with Gasteiger partial charge < -0.3 is 14.8 Å². The van der Waals surface area contributed by atoms with Gasteiger partial charge in [0.15, 0.2) is 0 Å². The van der Waals surface area contributed by atoms with Crippen molar-refractivity contribution in [1.82, 2.24) is 5.32 Å².